The Morgan fingerprint density at radius 1 is 1.56 bits per heavy atom. The van der Waals surface area contributed by atoms with Crippen molar-refractivity contribution in [3.63, 3.8) is 0 Å². The number of carbonyl (C=O) groups is 1. The Morgan fingerprint density at radius 3 is 2.88 bits per heavy atom. The molecule has 86 valence electrons. The van der Waals surface area contributed by atoms with Crippen LogP contribution in [-0.4, -0.2) is 35.1 Å². The summed E-state index contributed by atoms with van der Waals surface area (Å²) in [5.74, 6) is -0.718. The van der Waals surface area contributed by atoms with Crippen LogP contribution < -0.4 is 5.73 Å². The lowest BCUT2D eigenvalue weighted by Gasteiger charge is -2.16. The van der Waals surface area contributed by atoms with E-state index < -0.39 is 11.9 Å². The van der Waals surface area contributed by atoms with Crippen molar-refractivity contribution < 1.29 is 14.3 Å². The number of nitrogens with zero attached hydrogens (tertiary/aromatic N) is 1. The van der Waals surface area contributed by atoms with Crippen LogP contribution in [0.2, 0.25) is 0 Å². The molecule has 16 heavy (non-hydrogen) atoms. The second-order valence-corrected chi connectivity index (χ2v) is 3.93. The molecule has 1 aromatic carbocycles. The third-order valence-electron chi connectivity index (χ3n) is 2.69. The summed E-state index contributed by atoms with van der Waals surface area (Å²) >= 11 is 0. The molecule has 0 unspecified atom stereocenters. The molecule has 1 aliphatic heterocycles. The minimum absolute atomic E-state index is 0.131. The molecular weight excluding hydrogens is 211 g/mol. The van der Waals surface area contributed by atoms with Gasteiger partial charge in [0.05, 0.1) is 11.7 Å². The first-order chi connectivity index (χ1) is 7.58. The molecule has 1 aromatic rings. The molecule has 0 spiro atoms. The van der Waals surface area contributed by atoms with Crippen LogP contribution in [0.1, 0.15) is 16.8 Å². The van der Waals surface area contributed by atoms with Gasteiger partial charge < -0.3 is 15.7 Å². The number of β-amino-alcohol motifs (C(OH)–C–C–N with tert-alkyl or cyclic N) is 1. The molecule has 4 nitrogen and oxygen atoms in total. The van der Waals surface area contributed by atoms with Gasteiger partial charge in [-0.3, -0.25) is 4.79 Å². The number of anilines is 1. The van der Waals surface area contributed by atoms with Crippen LogP contribution >= 0.6 is 0 Å². The number of amides is 1. The highest BCUT2D eigenvalue weighted by Gasteiger charge is 2.26. The van der Waals surface area contributed by atoms with Crippen molar-refractivity contribution in [2.45, 2.75) is 12.5 Å². The standard InChI is InChI=1S/C11H13FN2O2/c12-7-1-2-9(10(13)5-7)11(16)14-4-3-8(15)6-14/h1-2,5,8,15H,3-4,6,13H2/t8-/m1/s1. The molecule has 1 fully saturated rings. The van der Waals surface area contributed by atoms with E-state index in [1.165, 1.54) is 17.0 Å². The Morgan fingerprint density at radius 2 is 2.31 bits per heavy atom. The van der Waals surface area contributed by atoms with Crippen molar-refractivity contribution in [3.8, 4) is 0 Å². The van der Waals surface area contributed by atoms with E-state index in [0.717, 1.165) is 6.07 Å². The van der Waals surface area contributed by atoms with Crippen LogP contribution in [0.4, 0.5) is 10.1 Å². The van der Waals surface area contributed by atoms with Gasteiger partial charge in [0.1, 0.15) is 5.82 Å². The van der Waals surface area contributed by atoms with Gasteiger partial charge in [0, 0.05) is 18.8 Å². The predicted molar refractivity (Wildman–Crippen MR) is 57.3 cm³/mol. The first-order valence-electron chi connectivity index (χ1n) is 5.10. The Kier molecular flexibility index (Phi) is 2.78. The third kappa shape index (κ3) is 1.99. The van der Waals surface area contributed by atoms with Gasteiger partial charge in [0.15, 0.2) is 0 Å². The topological polar surface area (TPSA) is 66.6 Å². The molecule has 0 aliphatic carbocycles. The first-order valence-corrected chi connectivity index (χ1v) is 5.10. The molecule has 0 aromatic heterocycles. The van der Waals surface area contributed by atoms with Crippen LogP contribution in [0, 0.1) is 5.82 Å². The average Bonchev–Trinajstić information content (AvgIpc) is 2.64. The maximum atomic E-state index is 12.8. The van der Waals surface area contributed by atoms with Crippen molar-refractivity contribution in [1.29, 1.82) is 0 Å². The maximum absolute atomic E-state index is 12.8. The van der Waals surface area contributed by atoms with Crippen molar-refractivity contribution in [3.05, 3.63) is 29.6 Å². The average molecular weight is 224 g/mol. The van der Waals surface area contributed by atoms with E-state index in [9.17, 15) is 14.3 Å². The van der Waals surface area contributed by atoms with Crippen molar-refractivity contribution in [2.75, 3.05) is 18.8 Å². The largest absolute Gasteiger partial charge is 0.398 e. The highest BCUT2D eigenvalue weighted by atomic mass is 19.1. The third-order valence-corrected chi connectivity index (χ3v) is 2.69. The quantitative estimate of drug-likeness (QED) is 0.687. The Bertz CT molecular complexity index is 422. The van der Waals surface area contributed by atoms with Crippen LogP contribution in [0.15, 0.2) is 18.2 Å². The van der Waals surface area contributed by atoms with Crippen LogP contribution in [0.5, 0.6) is 0 Å². The monoisotopic (exact) mass is 224 g/mol. The lowest BCUT2D eigenvalue weighted by molar-refractivity contribution is 0.0766. The SMILES string of the molecule is Nc1cc(F)ccc1C(=O)N1CC[C@@H](O)C1. The molecule has 1 atom stereocenters. The smallest absolute Gasteiger partial charge is 0.256 e. The van der Waals surface area contributed by atoms with Gasteiger partial charge in [-0.05, 0) is 24.6 Å². The zero-order chi connectivity index (χ0) is 11.7. The maximum Gasteiger partial charge on any atom is 0.256 e. The number of hydrogen-bond donors (Lipinski definition) is 2. The van der Waals surface area contributed by atoms with Gasteiger partial charge in [0.2, 0.25) is 0 Å². The Hall–Kier alpha value is -1.62. The van der Waals surface area contributed by atoms with E-state index in [1.54, 1.807) is 0 Å². The number of halogens is 1. The number of likely N-dealkylation sites (tertiary alicyclic amines) is 1. The summed E-state index contributed by atoms with van der Waals surface area (Å²) in [5, 5.41) is 9.32. The fraction of sp³-hybridized carbons (Fsp3) is 0.364. The first kappa shape index (κ1) is 10.9. The van der Waals surface area contributed by atoms with Gasteiger partial charge in [-0.15, -0.1) is 0 Å². The number of benzene rings is 1. The van der Waals surface area contributed by atoms with Crippen molar-refractivity contribution in [2.24, 2.45) is 0 Å². The minimum Gasteiger partial charge on any atom is -0.398 e. The number of aliphatic hydroxyl groups is 1. The molecule has 2 rings (SSSR count). The molecule has 0 bridgehead atoms. The van der Waals surface area contributed by atoms with Crippen LogP contribution in [0.25, 0.3) is 0 Å². The second-order valence-electron chi connectivity index (χ2n) is 3.93. The number of aliphatic hydroxyl groups excluding tert-OH is 1. The number of nitrogen functional groups attached to an aromatic ring is 1. The molecular formula is C11H13FN2O2. The molecule has 1 heterocycles. The van der Waals surface area contributed by atoms with E-state index in [-0.39, 0.29) is 17.2 Å². The number of hydrogen-bond acceptors (Lipinski definition) is 3. The van der Waals surface area contributed by atoms with E-state index in [1.807, 2.05) is 0 Å². The number of carbonyl (C=O) groups excluding carboxylic acids is 1. The minimum atomic E-state index is -0.467. The van der Waals surface area contributed by atoms with Gasteiger partial charge in [-0.25, -0.2) is 4.39 Å². The normalized spacial score (nSPS) is 20.1. The molecule has 3 N–H and O–H groups in total. The van der Waals surface area contributed by atoms with Gasteiger partial charge in [-0.1, -0.05) is 0 Å². The molecule has 1 amide bonds. The molecule has 1 aliphatic rings. The zero-order valence-corrected chi connectivity index (χ0v) is 8.69. The van der Waals surface area contributed by atoms with Crippen molar-refractivity contribution in [1.82, 2.24) is 4.90 Å². The summed E-state index contributed by atoms with van der Waals surface area (Å²) < 4.78 is 12.8. The van der Waals surface area contributed by atoms with Crippen LogP contribution in [0.3, 0.4) is 0 Å². The molecule has 1 saturated heterocycles. The highest BCUT2D eigenvalue weighted by molar-refractivity contribution is 5.99. The van der Waals surface area contributed by atoms with E-state index in [4.69, 9.17) is 5.73 Å². The fourth-order valence-corrected chi connectivity index (χ4v) is 1.82. The van der Waals surface area contributed by atoms with E-state index in [0.29, 0.717) is 19.5 Å². The van der Waals surface area contributed by atoms with Gasteiger partial charge in [0.25, 0.3) is 5.91 Å². The summed E-state index contributed by atoms with van der Waals surface area (Å²) in [7, 11) is 0. The van der Waals surface area contributed by atoms with E-state index in [2.05, 4.69) is 0 Å². The Balaban J connectivity index is 2.21. The summed E-state index contributed by atoms with van der Waals surface area (Å²) in [6, 6.07) is 3.70. The summed E-state index contributed by atoms with van der Waals surface area (Å²) in [6.07, 6.45) is 0.109. The lowest BCUT2D eigenvalue weighted by Crippen LogP contribution is -2.30. The summed E-state index contributed by atoms with van der Waals surface area (Å²) in [5.41, 5.74) is 5.99. The second kappa shape index (κ2) is 4.09. The van der Waals surface area contributed by atoms with Gasteiger partial charge >= 0.3 is 0 Å². The van der Waals surface area contributed by atoms with Crippen molar-refractivity contribution >= 4 is 11.6 Å². The molecule has 0 saturated carbocycles. The summed E-state index contributed by atoms with van der Waals surface area (Å²) in [4.78, 5) is 13.5. The van der Waals surface area contributed by atoms with Gasteiger partial charge in [-0.2, -0.15) is 0 Å². The van der Waals surface area contributed by atoms with Crippen LogP contribution in [-0.2, 0) is 0 Å². The molecule has 0 radical (unpaired) electrons. The molecule has 5 heteroatoms. The number of nitrogens with two attached hydrogens (primary N) is 1. The predicted octanol–water partition coefficient (Wildman–Crippen LogP) is 0.615. The highest BCUT2D eigenvalue weighted by Crippen LogP contribution is 2.18. The zero-order valence-electron chi connectivity index (χ0n) is 8.69. The Labute approximate surface area is 92.5 Å². The van der Waals surface area contributed by atoms with E-state index >= 15 is 0 Å². The number of rotatable bonds is 1. The lowest BCUT2D eigenvalue weighted by atomic mass is 10.1. The fourth-order valence-electron chi connectivity index (χ4n) is 1.82. The summed E-state index contributed by atoms with van der Waals surface area (Å²) in [6.45, 7) is 0.826.